The number of carbonyl (C=O) groups excluding carboxylic acids is 2. The Hall–Kier alpha value is -4.20. The summed E-state index contributed by atoms with van der Waals surface area (Å²) in [7, 11) is 2.90. The molecule has 162 valence electrons. The lowest BCUT2D eigenvalue weighted by molar-refractivity contribution is 0.0600. The number of fused-ring (bicyclic) bond motifs is 1. The minimum Gasteiger partial charge on any atom is -0.494 e. The summed E-state index contributed by atoms with van der Waals surface area (Å²) >= 11 is 0. The number of nitrogens with zero attached hydrogens (tertiary/aromatic N) is 3. The zero-order valence-electron chi connectivity index (χ0n) is 18.2. The lowest BCUT2D eigenvalue weighted by Gasteiger charge is -2.12. The average Bonchev–Trinajstić information content (AvgIpc) is 3.18. The third kappa shape index (κ3) is 3.90. The van der Waals surface area contributed by atoms with Crippen LogP contribution in [0.2, 0.25) is 0 Å². The van der Waals surface area contributed by atoms with Crippen molar-refractivity contribution in [2.24, 2.45) is 0 Å². The summed E-state index contributed by atoms with van der Waals surface area (Å²) in [4.78, 5) is 29.4. The van der Waals surface area contributed by atoms with Crippen LogP contribution in [0.25, 0.3) is 16.7 Å². The van der Waals surface area contributed by atoms with Gasteiger partial charge in [0, 0.05) is 17.0 Å². The lowest BCUT2D eigenvalue weighted by Crippen LogP contribution is -2.16. The molecule has 4 aromatic rings. The van der Waals surface area contributed by atoms with Crippen LogP contribution in [0.1, 0.15) is 32.0 Å². The summed E-state index contributed by atoms with van der Waals surface area (Å²) in [6.45, 7) is 3.82. The van der Waals surface area contributed by atoms with Crippen molar-refractivity contribution in [2.45, 2.75) is 13.8 Å². The zero-order valence-corrected chi connectivity index (χ0v) is 18.2. The molecule has 0 aliphatic rings. The maximum absolute atomic E-state index is 12.9. The topological polar surface area (TPSA) is 95.3 Å². The van der Waals surface area contributed by atoms with Crippen LogP contribution >= 0.6 is 0 Å². The largest absolute Gasteiger partial charge is 0.494 e. The van der Waals surface area contributed by atoms with Gasteiger partial charge in [-0.05, 0) is 49.7 Å². The maximum atomic E-state index is 12.9. The van der Waals surface area contributed by atoms with Crippen molar-refractivity contribution >= 4 is 28.6 Å². The van der Waals surface area contributed by atoms with Crippen LogP contribution in [-0.2, 0) is 4.74 Å². The summed E-state index contributed by atoms with van der Waals surface area (Å²) in [5.41, 5.74) is 3.04. The average molecular weight is 430 g/mol. The minimum atomic E-state index is -0.509. The van der Waals surface area contributed by atoms with E-state index in [9.17, 15) is 9.59 Å². The molecule has 0 atom stereocenters. The Morgan fingerprint density at radius 2 is 1.72 bits per heavy atom. The molecule has 0 aliphatic carbocycles. The van der Waals surface area contributed by atoms with Crippen LogP contribution in [0.3, 0.4) is 0 Å². The molecule has 2 aromatic heterocycles. The SMILES string of the molecule is COC(=O)c1cccc(C(=O)Nc2cc(C)nn2-c2cc(C)c3cccc(OC)c3n2)c1. The van der Waals surface area contributed by atoms with Crippen LogP contribution in [-0.4, -0.2) is 40.9 Å². The molecule has 0 saturated carbocycles. The number of ether oxygens (including phenoxy) is 2. The van der Waals surface area contributed by atoms with E-state index in [1.807, 2.05) is 38.1 Å². The quantitative estimate of drug-likeness (QED) is 0.479. The number of para-hydroxylation sites is 1. The smallest absolute Gasteiger partial charge is 0.337 e. The first-order chi connectivity index (χ1) is 15.4. The highest BCUT2D eigenvalue weighted by atomic mass is 16.5. The van der Waals surface area contributed by atoms with Crippen molar-refractivity contribution in [2.75, 3.05) is 19.5 Å². The molecule has 0 saturated heterocycles. The van der Waals surface area contributed by atoms with Crippen LogP contribution in [0.5, 0.6) is 5.75 Å². The van der Waals surface area contributed by atoms with Gasteiger partial charge in [0.2, 0.25) is 0 Å². The molecule has 0 unspecified atom stereocenters. The van der Waals surface area contributed by atoms with Gasteiger partial charge in [-0.25, -0.2) is 9.78 Å². The highest BCUT2D eigenvalue weighted by Crippen LogP contribution is 2.28. The molecule has 0 bridgehead atoms. The predicted molar refractivity (Wildman–Crippen MR) is 121 cm³/mol. The first-order valence-electron chi connectivity index (χ1n) is 9.92. The van der Waals surface area contributed by atoms with Gasteiger partial charge in [0.05, 0.1) is 25.5 Å². The minimum absolute atomic E-state index is 0.295. The van der Waals surface area contributed by atoms with Gasteiger partial charge in [0.15, 0.2) is 5.82 Å². The molecule has 0 radical (unpaired) electrons. The molecule has 8 nitrogen and oxygen atoms in total. The number of pyridine rings is 1. The van der Waals surface area contributed by atoms with Gasteiger partial charge in [-0.3, -0.25) is 4.79 Å². The first-order valence-corrected chi connectivity index (χ1v) is 9.92. The normalized spacial score (nSPS) is 10.8. The molecule has 0 aliphatic heterocycles. The number of esters is 1. The molecule has 1 N–H and O–H groups in total. The Kier molecular flexibility index (Phi) is 5.59. The van der Waals surface area contributed by atoms with E-state index >= 15 is 0 Å². The molecule has 2 heterocycles. The highest BCUT2D eigenvalue weighted by Gasteiger charge is 2.17. The highest BCUT2D eigenvalue weighted by molar-refractivity contribution is 6.05. The maximum Gasteiger partial charge on any atom is 0.337 e. The summed E-state index contributed by atoms with van der Waals surface area (Å²) in [5.74, 6) is 0.766. The van der Waals surface area contributed by atoms with E-state index in [2.05, 4.69) is 10.4 Å². The molecule has 0 fully saturated rings. The number of carbonyl (C=O) groups is 2. The number of amides is 1. The molecule has 8 heteroatoms. The van der Waals surface area contributed by atoms with Crippen molar-refractivity contribution in [1.82, 2.24) is 14.8 Å². The number of aryl methyl sites for hydroxylation is 2. The Morgan fingerprint density at radius 1 is 0.969 bits per heavy atom. The number of hydrogen-bond acceptors (Lipinski definition) is 6. The summed E-state index contributed by atoms with van der Waals surface area (Å²) in [6, 6.07) is 15.7. The Balaban J connectivity index is 1.73. The fraction of sp³-hybridized carbons (Fsp3) is 0.167. The lowest BCUT2D eigenvalue weighted by atomic mass is 10.1. The van der Waals surface area contributed by atoms with Crippen molar-refractivity contribution in [3.8, 4) is 11.6 Å². The van der Waals surface area contributed by atoms with Crippen molar-refractivity contribution < 1.29 is 19.1 Å². The molecule has 32 heavy (non-hydrogen) atoms. The third-order valence-electron chi connectivity index (χ3n) is 5.05. The van der Waals surface area contributed by atoms with E-state index < -0.39 is 5.97 Å². The van der Waals surface area contributed by atoms with Crippen LogP contribution in [0.15, 0.2) is 54.6 Å². The number of hydrogen-bond donors (Lipinski definition) is 1. The third-order valence-corrected chi connectivity index (χ3v) is 5.05. The van der Waals surface area contributed by atoms with Gasteiger partial charge in [0.1, 0.15) is 17.1 Å². The second-order valence-corrected chi connectivity index (χ2v) is 7.26. The molecular formula is C24H22N4O4. The van der Waals surface area contributed by atoms with E-state index in [1.54, 1.807) is 36.1 Å². The molecule has 4 rings (SSSR count). The van der Waals surface area contributed by atoms with Crippen LogP contribution < -0.4 is 10.1 Å². The Labute approximate surface area is 184 Å². The number of nitrogens with one attached hydrogen (secondary N) is 1. The molecular weight excluding hydrogens is 408 g/mol. The van der Waals surface area contributed by atoms with Crippen molar-refractivity contribution in [3.63, 3.8) is 0 Å². The molecule has 1 amide bonds. The van der Waals surface area contributed by atoms with Gasteiger partial charge in [-0.2, -0.15) is 9.78 Å². The Morgan fingerprint density at radius 3 is 2.47 bits per heavy atom. The molecule has 2 aromatic carbocycles. The van der Waals surface area contributed by atoms with Crippen LogP contribution in [0.4, 0.5) is 5.82 Å². The number of rotatable bonds is 5. The fourth-order valence-corrected chi connectivity index (χ4v) is 3.50. The summed E-state index contributed by atoms with van der Waals surface area (Å²) in [6.07, 6.45) is 0. The molecule has 0 spiro atoms. The standard InChI is InChI=1S/C24H22N4O4/c1-14-11-20(25-22-18(14)9-6-10-19(22)31-3)28-21(12-15(2)27-28)26-23(29)16-7-5-8-17(13-16)24(30)32-4/h5-13H,1-4H3,(H,26,29). The van der Waals surface area contributed by atoms with Gasteiger partial charge < -0.3 is 14.8 Å². The van der Waals surface area contributed by atoms with E-state index in [0.717, 1.165) is 10.9 Å². The number of benzene rings is 2. The van der Waals surface area contributed by atoms with Crippen molar-refractivity contribution in [3.05, 3.63) is 77.0 Å². The van der Waals surface area contributed by atoms with Gasteiger partial charge in [-0.15, -0.1) is 0 Å². The predicted octanol–water partition coefficient (Wildman–Crippen LogP) is 4.08. The summed E-state index contributed by atoms with van der Waals surface area (Å²) in [5, 5.41) is 8.35. The number of anilines is 1. The number of aromatic nitrogens is 3. The fourth-order valence-electron chi connectivity index (χ4n) is 3.50. The summed E-state index contributed by atoms with van der Waals surface area (Å²) < 4.78 is 11.8. The second-order valence-electron chi connectivity index (χ2n) is 7.26. The van der Waals surface area contributed by atoms with Crippen LogP contribution in [0, 0.1) is 13.8 Å². The second kappa shape index (κ2) is 8.50. The number of methoxy groups -OCH3 is 2. The van der Waals surface area contributed by atoms with E-state index in [1.165, 1.54) is 13.2 Å². The van der Waals surface area contributed by atoms with E-state index in [-0.39, 0.29) is 5.91 Å². The van der Waals surface area contributed by atoms with Gasteiger partial charge in [-0.1, -0.05) is 18.2 Å². The van der Waals surface area contributed by atoms with Gasteiger partial charge in [0.25, 0.3) is 5.91 Å². The zero-order chi connectivity index (χ0) is 22.8. The van der Waals surface area contributed by atoms with E-state index in [0.29, 0.717) is 39.7 Å². The van der Waals surface area contributed by atoms with Crippen molar-refractivity contribution in [1.29, 1.82) is 0 Å². The first kappa shape index (κ1) is 21.0. The van der Waals surface area contributed by atoms with Gasteiger partial charge >= 0.3 is 5.97 Å². The monoisotopic (exact) mass is 430 g/mol. The Bertz CT molecular complexity index is 1340. The van der Waals surface area contributed by atoms with E-state index in [4.69, 9.17) is 14.5 Å².